The van der Waals surface area contributed by atoms with Crippen molar-refractivity contribution in [1.82, 2.24) is 10.2 Å². The number of amides is 2. The third-order valence-corrected chi connectivity index (χ3v) is 7.71. The maximum absolute atomic E-state index is 13.6. The monoisotopic (exact) mass is 515 g/mol. The van der Waals surface area contributed by atoms with E-state index in [4.69, 9.17) is 10.5 Å². The number of carbonyl (C=O) groups is 2. The van der Waals surface area contributed by atoms with Crippen LogP contribution >= 0.6 is 0 Å². The second-order valence-corrected chi connectivity index (χ2v) is 11.6. The van der Waals surface area contributed by atoms with E-state index in [1.165, 1.54) is 4.90 Å². The van der Waals surface area contributed by atoms with Gasteiger partial charge in [0.15, 0.2) is 5.96 Å². The molecule has 9 heteroatoms. The lowest BCUT2D eigenvalue weighted by Gasteiger charge is -2.42. The van der Waals surface area contributed by atoms with Crippen LogP contribution < -0.4 is 15.8 Å². The molecule has 198 valence electrons. The molecule has 1 saturated carbocycles. The van der Waals surface area contributed by atoms with Crippen molar-refractivity contribution in [2.45, 2.75) is 69.9 Å². The van der Waals surface area contributed by atoms with Crippen LogP contribution in [0.4, 0.5) is 0 Å². The molecule has 0 spiro atoms. The first-order valence-electron chi connectivity index (χ1n) is 12.9. The van der Waals surface area contributed by atoms with Gasteiger partial charge in [0, 0.05) is 11.5 Å². The van der Waals surface area contributed by atoms with Gasteiger partial charge in [0.1, 0.15) is 17.5 Å². The third kappa shape index (κ3) is 4.61. The molecule has 5 atom stereocenters. The van der Waals surface area contributed by atoms with Crippen molar-refractivity contribution in [3.8, 4) is 11.8 Å². The molecule has 0 aromatic heterocycles. The third-order valence-electron chi connectivity index (χ3n) is 7.71. The highest BCUT2D eigenvalue weighted by Crippen LogP contribution is 2.52. The highest BCUT2D eigenvalue weighted by molar-refractivity contribution is 5.99. The molecule has 1 fully saturated rings. The molecule has 0 radical (unpaired) electrons. The van der Waals surface area contributed by atoms with Gasteiger partial charge in [0.2, 0.25) is 11.8 Å². The first kappa shape index (κ1) is 25.7. The van der Waals surface area contributed by atoms with Gasteiger partial charge in [0.05, 0.1) is 35.7 Å². The zero-order chi connectivity index (χ0) is 27.4. The molecule has 2 aromatic rings. The van der Waals surface area contributed by atoms with E-state index in [0.29, 0.717) is 17.7 Å². The number of para-hydroxylation sites is 1. The normalized spacial score (nSPS) is 27.7. The summed E-state index contributed by atoms with van der Waals surface area (Å²) in [5.74, 6) is -0.203. The minimum Gasteiger partial charge on any atom is -0.485 e. The Morgan fingerprint density at radius 2 is 1.89 bits per heavy atom. The van der Waals surface area contributed by atoms with Crippen LogP contribution in [-0.2, 0) is 9.59 Å². The molecule has 9 nitrogen and oxygen atoms in total. The minimum atomic E-state index is -0.957. The van der Waals surface area contributed by atoms with Crippen LogP contribution in [-0.4, -0.2) is 45.0 Å². The summed E-state index contributed by atoms with van der Waals surface area (Å²) >= 11 is 0. The second-order valence-electron chi connectivity index (χ2n) is 11.6. The molecular formula is C29H33N5O4. The van der Waals surface area contributed by atoms with Crippen molar-refractivity contribution in [3.05, 3.63) is 65.2 Å². The maximum atomic E-state index is 13.6. The first-order valence-corrected chi connectivity index (χ1v) is 12.9. The molecular weight excluding hydrogens is 482 g/mol. The van der Waals surface area contributed by atoms with Gasteiger partial charge < -0.3 is 20.9 Å². The number of rotatable bonds is 5. The predicted octanol–water partition coefficient (Wildman–Crippen LogP) is 2.95. The first-order chi connectivity index (χ1) is 17.9. The number of nitrogens with zero attached hydrogens (tertiary/aromatic N) is 3. The van der Waals surface area contributed by atoms with E-state index >= 15 is 0 Å². The number of hydrogen-bond acceptors (Lipinski definition) is 7. The number of ether oxygens (including phenoxy) is 1. The molecule has 3 aliphatic rings. The number of fused-ring (bicyclic) bond motifs is 1. The highest BCUT2D eigenvalue weighted by Gasteiger charge is 2.54. The van der Waals surface area contributed by atoms with Crippen molar-refractivity contribution in [2.75, 3.05) is 0 Å². The number of aliphatic hydroxyl groups excluding tert-OH is 1. The summed E-state index contributed by atoms with van der Waals surface area (Å²) < 4.78 is 5.98. The topological polar surface area (TPSA) is 141 Å². The average Bonchev–Trinajstić information content (AvgIpc) is 3.64. The fourth-order valence-corrected chi connectivity index (χ4v) is 5.65. The quantitative estimate of drug-likeness (QED) is 0.559. The highest BCUT2D eigenvalue weighted by atomic mass is 16.5. The molecule has 0 bridgehead atoms. The Kier molecular flexibility index (Phi) is 6.19. The number of hydrogen-bond donors (Lipinski definition) is 3. The van der Waals surface area contributed by atoms with Crippen molar-refractivity contribution in [2.24, 2.45) is 22.6 Å². The van der Waals surface area contributed by atoms with E-state index in [9.17, 15) is 20.0 Å². The fourth-order valence-electron chi connectivity index (χ4n) is 5.65. The zero-order valence-electron chi connectivity index (χ0n) is 22.0. The summed E-state index contributed by atoms with van der Waals surface area (Å²) in [4.78, 5) is 32.9. The molecule has 1 unspecified atom stereocenters. The summed E-state index contributed by atoms with van der Waals surface area (Å²) in [5.41, 5.74) is 6.84. The fraction of sp³-hybridized carbons (Fsp3) is 0.448. The predicted molar refractivity (Wildman–Crippen MR) is 141 cm³/mol. The van der Waals surface area contributed by atoms with Gasteiger partial charge in [-0.1, -0.05) is 30.3 Å². The Balaban J connectivity index is 1.43. The van der Waals surface area contributed by atoms with Gasteiger partial charge in [-0.05, 0) is 63.8 Å². The second kappa shape index (κ2) is 9.14. The van der Waals surface area contributed by atoms with Crippen LogP contribution in [0.5, 0.6) is 5.75 Å². The smallest absolute Gasteiger partial charge is 0.232 e. The number of aliphatic hydroxyl groups is 1. The standard InChI is InChI=1S/C29H33N5O4/c1-28(2)14-22(35)34(27(31)33-28)24(17-11-9-16(15-30)10-12-17)19-13-20(19)26(37)32-23-18-7-5-6-8-21(18)38-29(3,4)25(23)36/h5-12,19-20,23-25,36H,13-14H2,1-4H3,(H2,31,33)(H,32,37)/t19?,20-,23-,24-,25+/m1/s1. The van der Waals surface area contributed by atoms with E-state index in [-0.39, 0.29) is 30.1 Å². The Hall–Kier alpha value is -3.90. The number of benzene rings is 2. The lowest BCUT2D eigenvalue weighted by Crippen LogP contribution is -2.54. The zero-order valence-corrected chi connectivity index (χ0v) is 22.0. The number of nitrogens with two attached hydrogens (primary N) is 1. The number of guanidine groups is 1. The van der Waals surface area contributed by atoms with Crippen LogP contribution in [0.15, 0.2) is 53.5 Å². The average molecular weight is 516 g/mol. The molecule has 2 aromatic carbocycles. The Morgan fingerprint density at radius 1 is 1.21 bits per heavy atom. The summed E-state index contributed by atoms with van der Waals surface area (Å²) in [6.07, 6.45) is -0.215. The van der Waals surface area contributed by atoms with Crippen LogP contribution in [0.25, 0.3) is 0 Å². The Bertz CT molecular complexity index is 1340. The Labute approximate surface area is 222 Å². The maximum Gasteiger partial charge on any atom is 0.232 e. The molecule has 2 amide bonds. The largest absolute Gasteiger partial charge is 0.485 e. The molecule has 38 heavy (non-hydrogen) atoms. The molecule has 0 saturated heterocycles. The van der Waals surface area contributed by atoms with E-state index in [0.717, 1.165) is 11.1 Å². The van der Waals surface area contributed by atoms with Gasteiger partial charge >= 0.3 is 0 Å². The van der Waals surface area contributed by atoms with Gasteiger partial charge in [-0.2, -0.15) is 5.26 Å². The summed E-state index contributed by atoms with van der Waals surface area (Å²) in [6.45, 7) is 7.30. The van der Waals surface area contributed by atoms with Crippen molar-refractivity contribution >= 4 is 17.8 Å². The lowest BCUT2D eigenvalue weighted by molar-refractivity contribution is -0.132. The SMILES string of the molecule is CC1(C)CC(=O)N([C@H](c2ccc(C#N)cc2)C2C[C@H]2C(=O)N[C@@H]2c3ccccc3OC(C)(C)[C@H]2O)C(N)=N1. The van der Waals surface area contributed by atoms with E-state index < -0.39 is 35.2 Å². The van der Waals surface area contributed by atoms with Crippen LogP contribution in [0.3, 0.4) is 0 Å². The molecule has 1 aliphatic carbocycles. The van der Waals surface area contributed by atoms with Crippen molar-refractivity contribution in [1.29, 1.82) is 5.26 Å². The number of nitriles is 1. The van der Waals surface area contributed by atoms with Gasteiger partial charge in [-0.3, -0.25) is 14.5 Å². The minimum absolute atomic E-state index is 0.127. The number of aliphatic imine (C=N–C) groups is 1. The van der Waals surface area contributed by atoms with E-state index in [1.54, 1.807) is 38.1 Å². The van der Waals surface area contributed by atoms with Gasteiger partial charge in [0.25, 0.3) is 0 Å². The number of carbonyl (C=O) groups excluding carboxylic acids is 2. The van der Waals surface area contributed by atoms with Crippen molar-refractivity contribution < 1.29 is 19.4 Å². The lowest BCUT2D eigenvalue weighted by atomic mass is 9.86. The van der Waals surface area contributed by atoms with Crippen molar-refractivity contribution in [3.63, 3.8) is 0 Å². The van der Waals surface area contributed by atoms with Crippen LogP contribution in [0, 0.1) is 23.2 Å². The molecule has 5 rings (SSSR count). The van der Waals surface area contributed by atoms with Crippen LogP contribution in [0.1, 0.15) is 69.3 Å². The summed E-state index contributed by atoms with van der Waals surface area (Å²) in [5, 5.41) is 23.4. The molecule has 2 heterocycles. The van der Waals surface area contributed by atoms with Gasteiger partial charge in [-0.25, -0.2) is 4.99 Å². The molecule has 4 N–H and O–H groups in total. The molecule has 2 aliphatic heterocycles. The number of nitrogens with one attached hydrogen (secondary N) is 1. The van der Waals surface area contributed by atoms with Crippen LogP contribution in [0.2, 0.25) is 0 Å². The summed E-state index contributed by atoms with van der Waals surface area (Å²) in [6, 6.07) is 15.3. The van der Waals surface area contributed by atoms with E-state index in [2.05, 4.69) is 16.4 Å². The Morgan fingerprint density at radius 3 is 2.55 bits per heavy atom. The van der Waals surface area contributed by atoms with Gasteiger partial charge in [-0.15, -0.1) is 0 Å². The van der Waals surface area contributed by atoms with E-state index in [1.807, 2.05) is 38.1 Å². The summed E-state index contributed by atoms with van der Waals surface area (Å²) in [7, 11) is 0.